The number of ether oxygens (including phenoxy) is 2. The summed E-state index contributed by atoms with van der Waals surface area (Å²) in [6.07, 6.45) is 0.633. The number of hydrogen-bond donors (Lipinski definition) is 1. The van der Waals surface area contributed by atoms with Gasteiger partial charge in [0.15, 0.2) is 0 Å². The summed E-state index contributed by atoms with van der Waals surface area (Å²) in [4.78, 5) is 0. The van der Waals surface area contributed by atoms with Gasteiger partial charge in [-0.1, -0.05) is 18.2 Å². The molecule has 2 aromatic carbocycles. The molecule has 0 aliphatic heterocycles. The first-order valence-electron chi connectivity index (χ1n) is 6.38. The highest BCUT2D eigenvalue weighted by Gasteiger charge is 2.03. The monoisotopic (exact) mass is 258 g/mol. The lowest BCUT2D eigenvalue weighted by atomic mass is 10.3. The van der Waals surface area contributed by atoms with Crippen molar-refractivity contribution in [1.29, 1.82) is 0 Å². The third-order valence-corrected chi connectivity index (χ3v) is 2.68. The van der Waals surface area contributed by atoms with Crippen LogP contribution in [0.1, 0.15) is 13.3 Å². The van der Waals surface area contributed by atoms with Crippen molar-refractivity contribution in [3.63, 3.8) is 0 Å². The van der Waals surface area contributed by atoms with Crippen molar-refractivity contribution >= 4 is 0 Å². The zero-order valence-corrected chi connectivity index (χ0v) is 11.0. The number of para-hydroxylation sites is 1. The molecule has 1 N–H and O–H groups in total. The first-order chi connectivity index (χ1) is 9.28. The highest BCUT2D eigenvalue weighted by atomic mass is 16.5. The molecule has 2 rings (SSSR count). The predicted octanol–water partition coefficient (Wildman–Crippen LogP) is 3.63. The molecule has 0 aromatic heterocycles. The summed E-state index contributed by atoms with van der Waals surface area (Å²) in [5, 5.41) is 8.82. The maximum absolute atomic E-state index is 8.82. The van der Waals surface area contributed by atoms with Gasteiger partial charge in [0.2, 0.25) is 0 Å². The fourth-order valence-electron chi connectivity index (χ4n) is 1.68. The van der Waals surface area contributed by atoms with Crippen LogP contribution in [0.5, 0.6) is 17.2 Å². The highest BCUT2D eigenvalue weighted by Crippen LogP contribution is 2.24. The van der Waals surface area contributed by atoms with Gasteiger partial charge in [-0.15, -0.1) is 0 Å². The van der Waals surface area contributed by atoms with Gasteiger partial charge in [0, 0.05) is 13.0 Å². The molecule has 0 heterocycles. The summed E-state index contributed by atoms with van der Waals surface area (Å²) in [5.74, 6) is 2.36. The normalized spacial score (nSPS) is 11.9. The van der Waals surface area contributed by atoms with Gasteiger partial charge in [0.05, 0.1) is 6.10 Å². The van der Waals surface area contributed by atoms with Gasteiger partial charge < -0.3 is 14.6 Å². The zero-order chi connectivity index (χ0) is 13.5. The van der Waals surface area contributed by atoms with Gasteiger partial charge in [-0.25, -0.2) is 0 Å². The molecular formula is C16H18O3. The van der Waals surface area contributed by atoms with Crippen LogP contribution in [0.4, 0.5) is 0 Å². The smallest absolute Gasteiger partial charge is 0.127 e. The molecule has 0 saturated heterocycles. The van der Waals surface area contributed by atoms with E-state index in [4.69, 9.17) is 14.6 Å². The quantitative estimate of drug-likeness (QED) is 0.860. The molecule has 0 aliphatic carbocycles. The van der Waals surface area contributed by atoms with Crippen LogP contribution in [-0.4, -0.2) is 17.8 Å². The minimum atomic E-state index is 0.00546. The fraction of sp³-hybridized carbons (Fsp3) is 0.250. The summed E-state index contributed by atoms with van der Waals surface area (Å²) in [6, 6.07) is 17.1. The first-order valence-corrected chi connectivity index (χ1v) is 6.38. The number of rotatable bonds is 6. The van der Waals surface area contributed by atoms with E-state index in [-0.39, 0.29) is 12.7 Å². The van der Waals surface area contributed by atoms with E-state index in [9.17, 15) is 0 Å². The fourth-order valence-corrected chi connectivity index (χ4v) is 1.68. The SMILES string of the molecule is CC(CCO)Oc1ccc(Oc2ccccc2)cc1. The predicted molar refractivity (Wildman–Crippen MR) is 74.8 cm³/mol. The third kappa shape index (κ3) is 4.30. The summed E-state index contributed by atoms with van der Waals surface area (Å²) in [6.45, 7) is 2.07. The lowest BCUT2D eigenvalue weighted by molar-refractivity contribution is 0.168. The van der Waals surface area contributed by atoms with Crippen molar-refractivity contribution < 1.29 is 14.6 Å². The summed E-state index contributed by atoms with van der Waals surface area (Å²) >= 11 is 0. The molecule has 1 atom stereocenters. The standard InChI is InChI=1S/C16H18O3/c1-13(11-12-17)18-15-7-9-16(10-8-15)19-14-5-3-2-4-6-14/h2-10,13,17H,11-12H2,1H3. The topological polar surface area (TPSA) is 38.7 Å². The Kier molecular flexibility index (Phi) is 4.81. The molecule has 3 nitrogen and oxygen atoms in total. The van der Waals surface area contributed by atoms with Gasteiger partial charge in [-0.3, -0.25) is 0 Å². The van der Waals surface area contributed by atoms with Crippen molar-refractivity contribution in [3.05, 3.63) is 54.6 Å². The van der Waals surface area contributed by atoms with Crippen LogP contribution in [0.15, 0.2) is 54.6 Å². The van der Waals surface area contributed by atoms with Crippen molar-refractivity contribution in [3.8, 4) is 17.2 Å². The number of aliphatic hydroxyl groups excluding tert-OH is 1. The molecule has 3 heteroatoms. The highest BCUT2D eigenvalue weighted by molar-refractivity contribution is 5.35. The second kappa shape index (κ2) is 6.81. The Morgan fingerprint density at radius 3 is 2.11 bits per heavy atom. The van der Waals surface area contributed by atoms with E-state index in [1.807, 2.05) is 61.5 Å². The Balaban J connectivity index is 1.95. The summed E-state index contributed by atoms with van der Waals surface area (Å²) < 4.78 is 11.3. The second-order valence-electron chi connectivity index (χ2n) is 4.33. The van der Waals surface area contributed by atoms with Gasteiger partial charge in [0.25, 0.3) is 0 Å². The van der Waals surface area contributed by atoms with Crippen LogP contribution in [0, 0.1) is 0 Å². The molecule has 0 aliphatic rings. The summed E-state index contributed by atoms with van der Waals surface area (Å²) in [7, 11) is 0. The largest absolute Gasteiger partial charge is 0.491 e. The van der Waals surface area contributed by atoms with Crippen LogP contribution in [0.3, 0.4) is 0 Å². The Bertz CT molecular complexity index is 479. The second-order valence-corrected chi connectivity index (χ2v) is 4.33. The minimum Gasteiger partial charge on any atom is -0.491 e. The average molecular weight is 258 g/mol. The molecule has 0 amide bonds. The van der Waals surface area contributed by atoms with Crippen molar-refractivity contribution in [2.45, 2.75) is 19.4 Å². The van der Waals surface area contributed by atoms with E-state index in [2.05, 4.69) is 0 Å². The van der Waals surface area contributed by atoms with E-state index in [0.717, 1.165) is 17.2 Å². The van der Waals surface area contributed by atoms with E-state index in [1.54, 1.807) is 0 Å². The molecule has 1 unspecified atom stereocenters. The van der Waals surface area contributed by atoms with Gasteiger partial charge in [-0.2, -0.15) is 0 Å². The lowest BCUT2D eigenvalue weighted by Gasteiger charge is -2.13. The van der Waals surface area contributed by atoms with Crippen LogP contribution >= 0.6 is 0 Å². The van der Waals surface area contributed by atoms with Crippen LogP contribution in [0.25, 0.3) is 0 Å². The first kappa shape index (κ1) is 13.4. The van der Waals surface area contributed by atoms with E-state index in [1.165, 1.54) is 0 Å². The number of aliphatic hydroxyl groups is 1. The molecule has 0 saturated carbocycles. The molecule has 100 valence electrons. The van der Waals surface area contributed by atoms with Gasteiger partial charge >= 0.3 is 0 Å². The maximum Gasteiger partial charge on any atom is 0.127 e. The Labute approximate surface area is 113 Å². The Morgan fingerprint density at radius 2 is 1.47 bits per heavy atom. The molecule has 0 radical (unpaired) electrons. The third-order valence-electron chi connectivity index (χ3n) is 2.68. The van der Waals surface area contributed by atoms with Crippen molar-refractivity contribution in [2.24, 2.45) is 0 Å². The Hall–Kier alpha value is -2.00. The van der Waals surface area contributed by atoms with Crippen LogP contribution in [0.2, 0.25) is 0 Å². The van der Waals surface area contributed by atoms with Crippen LogP contribution < -0.4 is 9.47 Å². The van der Waals surface area contributed by atoms with Gasteiger partial charge in [0.1, 0.15) is 17.2 Å². The van der Waals surface area contributed by atoms with E-state index < -0.39 is 0 Å². The lowest BCUT2D eigenvalue weighted by Crippen LogP contribution is -2.13. The minimum absolute atomic E-state index is 0.00546. The van der Waals surface area contributed by atoms with Crippen LogP contribution in [-0.2, 0) is 0 Å². The molecule has 0 spiro atoms. The van der Waals surface area contributed by atoms with E-state index in [0.29, 0.717) is 6.42 Å². The molecule has 0 bridgehead atoms. The Morgan fingerprint density at radius 1 is 0.895 bits per heavy atom. The maximum atomic E-state index is 8.82. The van der Waals surface area contributed by atoms with Crippen molar-refractivity contribution in [2.75, 3.05) is 6.61 Å². The average Bonchev–Trinajstić information content (AvgIpc) is 2.42. The number of hydrogen-bond acceptors (Lipinski definition) is 3. The molecule has 19 heavy (non-hydrogen) atoms. The molecular weight excluding hydrogens is 240 g/mol. The molecule has 0 fully saturated rings. The molecule has 2 aromatic rings. The summed E-state index contributed by atoms with van der Waals surface area (Å²) in [5.41, 5.74) is 0. The van der Waals surface area contributed by atoms with Gasteiger partial charge in [-0.05, 0) is 43.3 Å². The zero-order valence-electron chi connectivity index (χ0n) is 11.0. The van der Waals surface area contributed by atoms with Crippen molar-refractivity contribution in [1.82, 2.24) is 0 Å². The van der Waals surface area contributed by atoms with E-state index >= 15 is 0 Å². The number of benzene rings is 2.